The molecule has 58 heavy (non-hydrogen) atoms. The molecule has 0 heterocycles. The van der Waals surface area contributed by atoms with Gasteiger partial charge in [0.25, 0.3) is 0 Å². The van der Waals surface area contributed by atoms with Gasteiger partial charge in [-0.15, -0.1) is 0 Å². The maximum atomic E-state index is 12.4. The fourth-order valence-corrected chi connectivity index (χ4v) is 8.35. The lowest BCUT2D eigenvalue weighted by Crippen LogP contribution is -2.45. The normalized spacial score (nSPS) is 13.0. The van der Waals surface area contributed by atoms with Gasteiger partial charge in [-0.05, 0) is 44.9 Å². The van der Waals surface area contributed by atoms with E-state index in [-0.39, 0.29) is 12.5 Å². The maximum Gasteiger partial charge on any atom is 0.220 e. The van der Waals surface area contributed by atoms with Crippen LogP contribution in [0.1, 0.15) is 296 Å². The summed E-state index contributed by atoms with van der Waals surface area (Å²) in [6.45, 7) is 4.34. The second-order valence-electron chi connectivity index (χ2n) is 18.3. The standard InChI is InChI=1S/C54H105NO3/c1-3-5-7-9-11-13-15-17-19-21-23-25-27-28-30-32-34-36-38-40-42-44-46-48-50-54(58)55-52(51-56)53(57)49-47-45-43-41-39-37-35-33-31-29-26-24-22-20-18-16-14-12-10-8-6-4-2/h28,30,47,49,52-53,56-57H,3-27,29,31-46,48,50-51H2,1-2H3,(H,55,58)/b30-28-,49-47+. The third kappa shape index (κ3) is 45.9. The Balaban J connectivity index is 3.50. The van der Waals surface area contributed by atoms with Gasteiger partial charge in [0, 0.05) is 6.42 Å². The molecule has 0 aliphatic rings. The zero-order valence-corrected chi connectivity index (χ0v) is 39.6. The molecule has 344 valence electrons. The van der Waals surface area contributed by atoms with Crippen molar-refractivity contribution in [2.75, 3.05) is 6.61 Å². The Hall–Kier alpha value is -1.13. The topological polar surface area (TPSA) is 69.6 Å². The molecule has 0 spiro atoms. The maximum absolute atomic E-state index is 12.4. The highest BCUT2D eigenvalue weighted by atomic mass is 16.3. The second-order valence-corrected chi connectivity index (χ2v) is 18.3. The van der Waals surface area contributed by atoms with Crippen LogP contribution in [0.4, 0.5) is 0 Å². The van der Waals surface area contributed by atoms with Gasteiger partial charge in [0.05, 0.1) is 18.8 Å². The molecule has 0 radical (unpaired) electrons. The van der Waals surface area contributed by atoms with Crippen molar-refractivity contribution < 1.29 is 15.0 Å². The molecule has 1 amide bonds. The van der Waals surface area contributed by atoms with Crippen molar-refractivity contribution in [3.05, 3.63) is 24.3 Å². The molecule has 2 unspecified atom stereocenters. The van der Waals surface area contributed by atoms with E-state index in [0.29, 0.717) is 6.42 Å². The van der Waals surface area contributed by atoms with E-state index in [9.17, 15) is 15.0 Å². The first-order chi connectivity index (χ1) is 28.7. The second kappa shape index (κ2) is 50.2. The number of rotatable bonds is 49. The Morgan fingerprint density at radius 3 is 0.948 bits per heavy atom. The van der Waals surface area contributed by atoms with Crippen LogP contribution in [0.5, 0.6) is 0 Å². The largest absolute Gasteiger partial charge is 0.394 e. The highest BCUT2D eigenvalue weighted by molar-refractivity contribution is 5.76. The van der Waals surface area contributed by atoms with E-state index >= 15 is 0 Å². The van der Waals surface area contributed by atoms with Gasteiger partial charge >= 0.3 is 0 Å². The molecule has 0 rings (SSSR count). The number of aliphatic hydroxyl groups is 2. The zero-order chi connectivity index (χ0) is 42.1. The van der Waals surface area contributed by atoms with Crippen LogP contribution >= 0.6 is 0 Å². The summed E-state index contributed by atoms with van der Waals surface area (Å²) in [6, 6.07) is -0.622. The summed E-state index contributed by atoms with van der Waals surface area (Å²) in [6.07, 6.45) is 66.1. The Morgan fingerprint density at radius 2 is 0.655 bits per heavy atom. The fraction of sp³-hybridized carbons (Fsp3) is 0.907. The summed E-state index contributed by atoms with van der Waals surface area (Å²) in [4.78, 5) is 12.4. The van der Waals surface area contributed by atoms with Crippen molar-refractivity contribution in [1.82, 2.24) is 5.32 Å². The summed E-state index contributed by atoms with van der Waals surface area (Å²) < 4.78 is 0. The molecule has 0 aliphatic carbocycles. The number of carbonyl (C=O) groups is 1. The van der Waals surface area contributed by atoms with E-state index in [0.717, 1.165) is 25.7 Å². The van der Waals surface area contributed by atoms with Gasteiger partial charge in [-0.25, -0.2) is 0 Å². The van der Waals surface area contributed by atoms with E-state index in [1.54, 1.807) is 6.08 Å². The van der Waals surface area contributed by atoms with Gasteiger partial charge < -0.3 is 15.5 Å². The van der Waals surface area contributed by atoms with Crippen LogP contribution in [0.3, 0.4) is 0 Å². The van der Waals surface area contributed by atoms with Crippen LogP contribution in [-0.4, -0.2) is 34.9 Å². The Labute approximate surface area is 364 Å². The molecule has 0 saturated heterocycles. The first kappa shape index (κ1) is 56.9. The molecule has 0 aromatic heterocycles. The van der Waals surface area contributed by atoms with Gasteiger partial charge in [-0.1, -0.05) is 269 Å². The Kier molecular flexibility index (Phi) is 49.2. The van der Waals surface area contributed by atoms with Crippen molar-refractivity contribution in [3.63, 3.8) is 0 Å². The molecule has 0 fully saturated rings. The lowest BCUT2D eigenvalue weighted by atomic mass is 10.0. The van der Waals surface area contributed by atoms with Crippen LogP contribution in [0, 0.1) is 0 Å². The highest BCUT2D eigenvalue weighted by Gasteiger charge is 2.18. The quantitative estimate of drug-likeness (QED) is 0.0423. The highest BCUT2D eigenvalue weighted by Crippen LogP contribution is 2.17. The van der Waals surface area contributed by atoms with E-state index in [4.69, 9.17) is 0 Å². The van der Waals surface area contributed by atoms with Crippen LogP contribution in [0.2, 0.25) is 0 Å². The van der Waals surface area contributed by atoms with Crippen LogP contribution in [0.15, 0.2) is 24.3 Å². The average Bonchev–Trinajstić information content (AvgIpc) is 3.23. The van der Waals surface area contributed by atoms with Crippen molar-refractivity contribution in [2.24, 2.45) is 0 Å². The third-order valence-electron chi connectivity index (χ3n) is 12.4. The minimum atomic E-state index is -0.839. The number of allylic oxidation sites excluding steroid dienone is 3. The molecular formula is C54H105NO3. The first-order valence-electron chi connectivity index (χ1n) is 26.6. The molecule has 4 nitrogen and oxygen atoms in total. The Morgan fingerprint density at radius 1 is 0.397 bits per heavy atom. The van der Waals surface area contributed by atoms with E-state index < -0.39 is 12.1 Å². The first-order valence-corrected chi connectivity index (χ1v) is 26.6. The van der Waals surface area contributed by atoms with Gasteiger partial charge in [0.2, 0.25) is 5.91 Å². The molecule has 0 aromatic rings. The number of hydrogen-bond acceptors (Lipinski definition) is 3. The minimum absolute atomic E-state index is 0.0626. The van der Waals surface area contributed by atoms with Gasteiger partial charge in [-0.3, -0.25) is 4.79 Å². The predicted octanol–water partition coefficient (Wildman–Crippen LogP) is 17.1. The van der Waals surface area contributed by atoms with Crippen molar-refractivity contribution >= 4 is 5.91 Å². The summed E-state index contributed by atoms with van der Waals surface area (Å²) in [5.74, 6) is -0.0626. The molecule has 0 bridgehead atoms. The van der Waals surface area contributed by atoms with Gasteiger partial charge in [0.1, 0.15) is 0 Å². The lowest BCUT2D eigenvalue weighted by Gasteiger charge is -2.20. The predicted molar refractivity (Wildman–Crippen MR) is 258 cm³/mol. The molecular weight excluding hydrogens is 711 g/mol. The third-order valence-corrected chi connectivity index (χ3v) is 12.4. The molecule has 3 N–H and O–H groups in total. The summed E-state index contributed by atoms with van der Waals surface area (Å²) in [5, 5.41) is 23.1. The van der Waals surface area contributed by atoms with Crippen LogP contribution in [-0.2, 0) is 4.79 Å². The molecule has 0 aromatic carbocycles. The van der Waals surface area contributed by atoms with Crippen molar-refractivity contribution in [3.8, 4) is 0 Å². The number of carbonyl (C=O) groups excluding carboxylic acids is 1. The molecule has 2 atom stereocenters. The molecule has 0 saturated carbocycles. The molecule has 0 aliphatic heterocycles. The summed E-state index contributed by atoms with van der Waals surface area (Å²) in [5.41, 5.74) is 0. The number of hydrogen-bond donors (Lipinski definition) is 3. The average molecular weight is 816 g/mol. The van der Waals surface area contributed by atoms with E-state index in [1.807, 2.05) is 6.08 Å². The monoisotopic (exact) mass is 816 g/mol. The van der Waals surface area contributed by atoms with E-state index in [2.05, 4.69) is 31.3 Å². The van der Waals surface area contributed by atoms with Crippen LogP contribution < -0.4 is 5.32 Å². The lowest BCUT2D eigenvalue weighted by molar-refractivity contribution is -0.123. The van der Waals surface area contributed by atoms with Crippen molar-refractivity contribution in [1.29, 1.82) is 0 Å². The van der Waals surface area contributed by atoms with Crippen LogP contribution in [0.25, 0.3) is 0 Å². The van der Waals surface area contributed by atoms with Gasteiger partial charge in [0.15, 0.2) is 0 Å². The summed E-state index contributed by atoms with van der Waals surface area (Å²) in [7, 11) is 0. The van der Waals surface area contributed by atoms with E-state index in [1.165, 1.54) is 250 Å². The fourth-order valence-electron chi connectivity index (χ4n) is 8.35. The summed E-state index contributed by atoms with van der Waals surface area (Å²) >= 11 is 0. The number of unbranched alkanes of at least 4 members (excludes halogenated alkanes) is 40. The molecule has 4 heteroatoms. The zero-order valence-electron chi connectivity index (χ0n) is 39.6. The Bertz CT molecular complexity index is 840. The minimum Gasteiger partial charge on any atom is -0.394 e. The number of amides is 1. The van der Waals surface area contributed by atoms with Gasteiger partial charge in [-0.2, -0.15) is 0 Å². The smallest absolute Gasteiger partial charge is 0.220 e. The van der Waals surface area contributed by atoms with Crippen molar-refractivity contribution in [2.45, 2.75) is 309 Å². The number of aliphatic hydroxyl groups excluding tert-OH is 2. The number of nitrogens with one attached hydrogen (secondary N) is 1. The SMILES string of the molecule is CCCCCCCCCCCCCC/C=C\CCCCCCCCCCC(=O)NC(CO)C(O)/C=C/CCCCCCCCCCCCCCCCCCCCCC.